The molecule has 0 amide bonds. The number of rotatable bonds is 2. The lowest BCUT2D eigenvalue weighted by Crippen LogP contribution is -2.06. The Bertz CT molecular complexity index is 828. The van der Waals surface area contributed by atoms with Crippen LogP contribution in [0.15, 0.2) is 24.3 Å². The highest BCUT2D eigenvalue weighted by atomic mass is 16.5. The van der Waals surface area contributed by atoms with Crippen LogP contribution in [0.2, 0.25) is 0 Å². The summed E-state index contributed by atoms with van der Waals surface area (Å²) >= 11 is 0. The van der Waals surface area contributed by atoms with Gasteiger partial charge >= 0.3 is 11.9 Å². The largest absolute Gasteiger partial charge is 0.464 e. The Morgan fingerprint density at radius 1 is 0.950 bits per heavy atom. The van der Waals surface area contributed by atoms with Gasteiger partial charge in [-0.2, -0.15) is 0 Å². The van der Waals surface area contributed by atoms with Crippen LogP contribution in [-0.4, -0.2) is 36.1 Å². The fraction of sp³-hybridized carbons (Fsp3) is 0.143. The molecular weight excluding hydrogens is 260 g/mol. The molecule has 0 aliphatic rings. The summed E-state index contributed by atoms with van der Waals surface area (Å²) in [5.74, 6) is -1.08. The Morgan fingerprint density at radius 3 is 2.30 bits per heavy atom. The van der Waals surface area contributed by atoms with Gasteiger partial charge < -0.3 is 19.4 Å². The molecule has 2 N–H and O–H groups in total. The lowest BCUT2D eigenvalue weighted by Gasteiger charge is -1.97. The van der Waals surface area contributed by atoms with Gasteiger partial charge in [-0.25, -0.2) is 9.59 Å². The number of ether oxygens (including phenoxy) is 2. The lowest BCUT2D eigenvalue weighted by molar-refractivity contribution is 0.0592. The average Bonchev–Trinajstić information content (AvgIpc) is 3.02. The van der Waals surface area contributed by atoms with Crippen LogP contribution in [0.4, 0.5) is 0 Å². The smallest absolute Gasteiger partial charge is 0.356 e. The fourth-order valence-corrected chi connectivity index (χ4v) is 2.35. The van der Waals surface area contributed by atoms with E-state index in [2.05, 4.69) is 9.97 Å². The molecule has 0 spiro atoms. The average molecular weight is 272 g/mol. The van der Waals surface area contributed by atoms with E-state index in [0.717, 1.165) is 10.9 Å². The molecule has 0 aliphatic heterocycles. The van der Waals surface area contributed by atoms with Crippen molar-refractivity contribution < 1.29 is 19.1 Å². The standard InChI is InChI=1S/C14H12N2O4/c1-19-13(17)11-9-7-5-3-4-6-8(7)15-10(9)12(16-11)14(18)20-2/h3-6,15-16H,1-2H3. The number of benzene rings is 1. The maximum atomic E-state index is 11.9. The third-order valence-corrected chi connectivity index (χ3v) is 3.24. The topological polar surface area (TPSA) is 84.2 Å². The molecule has 0 radical (unpaired) electrons. The number of hydrogen-bond donors (Lipinski definition) is 2. The van der Waals surface area contributed by atoms with Crippen molar-refractivity contribution in [2.45, 2.75) is 0 Å². The number of aromatic amines is 2. The first-order chi connectivity index (χ1) is 9.67. The molecule has 6 heteroatoms. The molecule has 0 fully saturated rings. The van der Waals surface area contributed by atoms with E-state index in [-0.39, 0.29) is 11.4 Å². The molecule has 6 nitrogen and oxygen atoms in total. The van der Waals surface area contributed by atoms with Crippen molar-refractivity contribution in [1.29, 1.82) is 0 Å². The van der Waals surface area contributed by atoms with Crippen molar-refractivity contribution in [3.05, 3.63) is 35.7 Å². The van der Waals surface area contributed by atoms with Gasteiger partial charge in [0.25, 0.3) is 0 Å². The number of nitrogens with one attached hydrogen (secondary N) is 2. The molecule has 3 aromatic rings. The summed E-state index contributed by atoms with van der Waals surface area (Å²) in [6, 6.07) is 7.48. The van der Waals surface area contributed by atoms with Crippen LogP contribution >= 0.6 is 0 Å². The third-order valence-electron chi connectivity index (χ3n) is 3.24. The number of carbonyl (C=O) groups excluding carboxylic acids is 2. The predicted molar refractivity (Wildman–Crippen MR) is 72.8 cm³/mol. The van der Waals surface area contributed by atoms with Crippen molar-refractivity contribution in [1.82, 2.24) is 9.97 Å². The Kier molecular flexibility index (Phi) is 2.71. The summed E-state index contributed by atoms with van der Waals surface area (Å²) in [4.78, 5) is 29.6. The van der Waals surface area contributed by atoms with Crippen molar-refractivity contribution in [3.63, 3.8) is 0 Å². The Morgan fingerprint density at radius 2 is 1.60 bits per heavy atom. The summed E-state index contributed by atoms with van der Waals surface area (Å²) in [5, 5.41) is 1.47. The molecule has 0 aliphatic carbocycles. The molecular formula is C14H12N2O4. The zero-order valence-corrected chi connectivity index (χ0v) is 10.9. The zero-order chi connectivity index (χ0) is 14.3. The molecule has 2 aromatic heterocycles. The van der Waals surface area contributed by atoms with Crippen molar-refractivity contribution in [2.24, 2.45) is 0 Å². The van der Waals surface area contributed by atoms with Gasteiger partial charge in [0.2, 0.25) is 0 Å². The minimum atomic E-state index is -0.545. The Labute approximate surface area is 113 Å². The van der Waals surface area contributed by atoms with Crippen molar-refractivity contribution in [3.8, 4) is 0 Å². The van der Waals surface area contributed by atoms with Gasteiger partial charge in [0.1, 0.15) is 11.4 Å². The SMILES string of the molecule is COC(=O)c1[nH]c(C(=O)OC)c2c1[nH]c1ccccc12. The van der Waals surface area contributed by atoms with Gasteiger partial charge in [-0.3, -0.25) is 0 Å². The molecule has 0 bridgehead atoms. The highest BCUT2D eigenvalue weighted by molar-refractivity contribution is 6.20. The van der Waals surface area contributed by atoms with Gasteiger partial charge in [-0.05, 0) is 6.07 Å². The summed E-state index contributed by atoms with van der Waals surface area (Å²) in [6.07, 6.45) is 0. The Balaban J connectivity index is 2.43. The van der Waals surface area contributed by atoms with Gasteiger partial charge in [-0.15, -0.1) is 0 Å². The number of hydrogen-bond acceptors (Lipinski definition) is 4. The number of methoxy groups -OCH3 is 2. The van der Waals surface area contributed by atoms with Gasteiger partial charge in [0.05, 0.1) is 19.7 Å². The first kappa shape index (κ1) is 12.3. The van der Waals surface area contributed by atoms with E-state index in [1.54, 1.807) is 0 Å². The maximum absolute atomic E-state index is 11.9. The van der Waals surface area contributed by atoms with E-state index >= 15 is 0 Å². The number of fused-ring (bicyclic) bond motifs is 3. The second-order valence-electron chi connectivity index (χ2n) is 4.28. The fourth-order valence-electron chi connectivity index (χ4n) is 2.35. The summed E-state index contributed by atoms with van der Waals surface area (Å²) in [7, 11) is 2.58. The van der Waals surface area contributed by atoms with Gasteiger partial charge in [0.15, 0.2) is 0 Å². The molecule has 0 saturated carbocycles. The quantitative estimate of drug-likeness (QED) is 0.700. The van der Waals surface area contributed by atoms with Crippen LogP contribution < -0.4 is 0 Å². The summed E-state index contributed by atoms with van der Waals surface area (Å²) in [5.41, 5.74) is 1.82. The number of H-pyrrole nitrogens is 2. The summed E-state index contributed by atoms with van der Waals surface area (Å²) < 4.78 is 9.48. The first-order valence-electron chi connectivity index (χ1n) is 5.96. The van der Waals surface area contributed by atoms with Crippen molar-refractivity contribution in [2.75, 3.05) is 14.2 Å². The molecule has 0 saturated heterocycles. The molecule has 0 atom stereocenters. The minimum absolute atomic E-state index is 0.208. The number of esters is 2. The minimum Gasteiger partial charge on any atom is -0.464 e. The molecule has 20 heavy (non-hydrogen) atoms. The van der Waals surface area contributed by atoms with E-state index in [9.17, 15) is 9.59 Å². The number of para-hydroxylation sites is 1. The first-order valence-corrected chi connectivity index (χ1v) is 5.96. The summed E-state index contributed by atoms with van der Waals surface area (Å²) in [6.45, 7) is 0. The van der Waals surface area contributed by atoms with E-state index in [1.807, 2.05) is 24.3 Å². The van der Waals surface area contributed by atoms with E-state index < -0.39 is 11.9 Å². The van der Waals surface area contributed by atoms with Crippen molar-refractivity contribution >= 4 is 33.7 Å². The maximum Gasteiger partial charge on any atom is 0.356 e. The van der Waals surface area contributed by atoms with Crippen LogP contribution in [0.3, 0.4) is 0 Å². The monoisotopic (exact) mass is 272 g/mol. The van der Waals surface area contributed by atoms with E-state index in [4.69, 9.17) is 9.47 Å². The molecule has 1 aromatic carbocycles. The van der Waals surface area contributed by atoms with Gasteiger partial charge in [0, 0.05) is 16.3 Å². The van der Waals surface area contributed by atoms with Crippen LogP contribution in [-0.2, 0) is 9.47 Å². The molecule has 3 rings (SSSR count). The Hall–Kier alpha value is -2.76. The molecule has 102 valence electrons. The second-order valence-corrected chi connectivity index (χ2v) is 4.28. The van der Waals surface area contributed by atoms with E-state index in [0.29, 0.717) is 10.9 Å². The van der Waals surface area contributed by atoms with E-state index in [1.165, 1.54) is 14.2 Å². The third kappa shape index (κ3) is 1.58. The second kappa shape index (κ2) is 4.41. The number of aromatic nitrogens is 2. The highest BCUT2D eigenvalue weighted by Gasteiger charge is 2.24. The molecule has 2 heterocycles. The zero-order valence-electron chi connectivity index (χ0n) is 10.9. The van der Waals surface area contributed by atoms with Crippen LogP contribution in [0, 0.1) is 0 Å². The predicted octanol–water partition coefficient (Wildman–Crippen LogP) is 2.22. The highest BCUT2D eigenvalue weighted by Crippen LogP contribution is 2.31. The van der Waals surface area contributed by atoms with Crippen LogP contribution in [0.5, 0.6) is 0 Å². The van der Waals surface area contributed by atoms with Gasteiger partial charge in [-0.1, -0.05) is 18.2 Å². The van der Waals surface area contributed by atoms with Crippen LogP contribution in [0.1, 0.15) is 21.0 Å². The molecule has 0 unspecified atom stereocenters. The lowest BCUT2D eigenvalue weighted by atomic mass is 10.1. The number of carbonyl (C=O) groups is 2. The normalized spacial score (nSPS) is 10.9. The van der Waals surface area contributed by atoms with Crippen LogP contribution in [0.25, 0.3) is 21.8 Å².